The number of halogens is 1. The van der Waals surface area contributed by atoms with Gasteiger partial charge in [-0.15, -0.1) is 0 Å². The summed E-state index contributed by atoms with van der Waals surface area (Å²) in [5, 5.41) is 0. The fourth-order valence-corrected chi connectivity index (χ4v) is 0. The van der Waals surface area contributed by atoms with Crippen molar-refractivity contribution in [2.24, 2.45) is 0 Å². The zero-order valence-corrected chi connectivity index (χ0v) is 213. The molecule has 0 aliphatic heterocycles. The first-order chi connectivity index (χ1) is 1.73. The summed E-state index contributed by atoms with van der Waals surface area (Å²) in [6, 6.07) is -1.16. The van der Waals surface area contributed by atoms with Crippen molar-refractivity contribution in [3.8, 4) is 0 Å². The van der Waals surface area contributed by atoms with Crippen molar-refractivity contribution >= 4 is 35.7 Å². The van der Waals surface area contributed by atoms with Crippen LogP contribution in [0.5, 0.6) is 0 Å². The maximum Gasteiger partial charge on any atom is 0.369 e. The molecule has 1 unspecified atom stereocenters. The molecule has 0 saturated heterocycles. The van der Waals surface area contributed by atoms with Gasteiger partial charge in [-0.25, -0.2) is 0 Å². The van der Waals surface area contributed by atoms with E-state index in [4.69, 9.17) is 8.84 Å². The molecule has 0 amide bonds. The molecule has 116 heavy (non-hydrogen) atoms. The minimum Gasteiger partial charge on any atom is -0.00481 e. The van der Waals surface area contributed by atoms with E-state index in [1.807, 2.05) is 22.0 Å². The van der Waals surface area contributed by atoms with E-state index in [9.17, 15) is 0 Å². The summed E-state index contributed by atoms with van der Waals surface area (Å²) in [5.41, 5.74) is 0. The second-order valence-electron chi connectivity index (χ2n) is 0.109. The molecule has 0 rings (SSSR count). The predicted octanol–water partition coefficient (Wildman–Crippen LogP) is 0.548. The average molecular weight is 5930 g/mol. The van der Waals surface area contributed by atoms with Crippen LogP contribution in [0.2, 0.25) is 0 Å². The van der Waals surface area contributed by atoms with Gasteiger partial charge < -0.3 is 0 Å². The molecule has 0 bridgehead atoms. The van der Waals surface area contributed by atoms with Gasteiger partial charge in [-0.1, -0.05) is 0 Å². The van der Waals surface area contributed by atoms with Crippen molar-refractivity contribution < 1.29 is 2100 Å². The topological polar surface area (TPSA) is 0 Å². The molecule has 0 aromatic heterocycles. The zero-order valence-electron chi connectivity index (χ0n) is 53.0. The van der Waals surface area contributed by atoms with Gasteiger partial charge in [0.1, 0.15) is 22.0 Å². The minimum atomic E-state index is -1.16. The second-order valence-corrected chi connectivity index (χ2v) is 2.20. The minimum absolute atomic E-state index is 0. The summed E-state index contributed by atoms with van der Waals surface area (Å²) in [6.45, 7) is 0. The molecule has 115 radical (unpaired) electrons. The molecule has 0 heterocycles. The van der Waals surface area contributed by atoms with Crippen molar-refractivity contribution in [1.29, 1.82) is 1.28 Å². The fraction of sp³-hybridized carbons (Fsp3) is 0. The van der Waals surface area contributed by atoms with Crippen LogP contribution in [0, 0.1) is 0 Å². The maximum atomic E-state index is 6.45. The molecule has 581 valence electrons. The van der Waals surface area contributed by atoms with Gasteiger partial charge in [-0.05, 0) is 6.05 Å². The van der Waals surface area contributed by atoms with Crippen molar-refractivity contribution in [1.82, 2.24) is 0 Å². The molecule has 0 nitrogen and oxygen atoms in total. The van der Waals surface area contributed by atoms with E-state index >= 15 is 0 Å². The Morgan fingerprint density at radius 1 is 0.0776 bits per heavy atom. The third kappa shape index (κ3) is 1300. The smallest absolute Gasteiger partial charge is 0.00481 e. The summed E-state index contributed by atoms with van der Waals surface area (Å²) in [6.07, 6.45) is 0. The van der Waals surface area contributed by atoms with Crippen LogP contribution in [0.3, 0.4) is 0 Å². The summed E-state index contributed by atoms with van der Waals surface area (Å²) < 4.78 is 6.45. The van der Waals surface area contributed by atoms with E-state index in [1.165, 1.54) is 0 Å². The molecule has 1 atom stereocenters. The van der Waals surface area contributed by atoms with Gasteiger partial charge in [-0.2, -0.15) is 0 Å². The molecular weight excluding hydrogens is 5930 g/mol. The van der Waals surface area contributed by atoms with Crippen LogP contribution in [0.1, 0.15) is 0 Å². The van der Waals surface area contributed by atoms with Crippen LogP contribution in [0.15, 0.2) is 0 Å². The van der Waals surface area contributed by atoms with Crippen LogP contribution in [0.25, 0.3) is 0 Å². The first-order valence-electron chi connectivity index (χ1n) is 0.978. The van der Waals surface area contributed by atoms with Crippen molar-refractivity contribution in [2.45, 2.75) is 0 Å². The van der Waals surface area contributed by atoms with E-state index in [-0.39, 0.29) is 2100 Å². The summed E-state index contributed by atoms with van der Waals surface area (Å²) in [5.74, 6) is 0. The first kappa shape index (κ1) is 1230. The quantitative estimate of drug-likeness (QED) is 0.189. The normalized spacial score (nSPS) is 0.543. The van der Waals surface area contributed by atoms with Crippen molar-refractivity contribution in [3.05, 3.63) is 0 Å². The van der Waals surface area contributed by atoms with Crippen LogP contribution >= 0.6 is 28.1 Å². The summed E-state index contributed by atoms with van der Waals surface area (Å²) in [7, 11) is 4.87. The number of hydrogen-bond acceptors (Lipinski definition) is 0. The Bertz CT molecular complexity index is 37.9. The third-order valence-corrected chi connectivity index (χ3v) is 0. The van der Waals surface area contributed by atoms with Gasteiger partial charge >= 0.3 is 7.57 Å². The molecule has 0 saturated carbocycles. The molecule has 0 aliphatic rings. The van der Waals surface area contributed by atoms with E-state index < -0.39 is 6.05 Å². The van der Waals surface area contributed by atoms with Crippen LogP contribution in [0.4, 0.5) is 0 Å². The Kier molecular flexibility index (Phi) is 13700. The molecule has 0 aromatic carbocycles. The van der Waals surface area contributed by atoms with Gasteiger partial charge in [0.25, 0.3) is 1.28 Å². The van der Waals surface area contributed by atoms with Gasteiger partial charge in [-0.3, -0.25) is 0 Å². The Morgan fingerprint density at radius 3 is 0.0776 bits per heavy atom. The number of hydrogen-bond donors (Lipinski definition) is 0. The predicted molar refractivity (Wildman–Crippen MR) is 29.5 cm³/mol. The van der Waals surface area contributed by atoms with Gasteiger partial charge in [0.15, 0.2) is 0 Å². The van der Waals surface area contributed by atoms with Crippen molar-refractivity contribution in [2.75, 3.05) is 0 Å². The molecule has 116 heteroatoms. The van der Waals surface area contributed by atoms with E-state index in [0.717, 1.165) is 0 Å². The SMILES string of the molecule is [3H][PH+]([B])I.[V].[V].[V].[V].[V].[V].[V].[V].[V].[V].[V].[V].[V].[V].[V].[V].[V].[V].[V].[V].[V].[V].[V].[V].[V].[V].[V].[V].[V].[V].[V].[V].[V].[V].[V].[V].[V].[V].[V].[V].[V].[V].[V].[V].[V].[V].[V].[V].[V].[V].[V].[V].[V].[V].[V].[V].[V].[V].[V].[V].[V].[V].[V].[V].[V].[V].[V].[V].[V].[V].[V].[V].[V].[V].[V].[V].[V].[V].[V].[V].[V].[V].[V].[V].[V].[V].[V].[V].[V].[V].[V].[V].[V].[V].[V].[V].[V].[V].[V].[V].[V].[V].[V].[V].[V].[V].[V].[V].[V].[V].[V].[V].[V]. The van der Waals surface area contributed by atoms with Gasteiger partial charge in [0.05, 0.1) is 0 Å². The standard InChI is InChI=1S/BH2IP.113V/c1-3-2;;;;;;;;;;;;;;;;;;;;;;;;;;;;;;;;;;;;;;;;;;;;;;;;;;;;;;;;;;;;;;;;;;;;;;;;;;;;;;;;;;;;;;;;;;;;;;;;;;;;;;;;;;;;;;;;;/h3H2;;;;;;;;;;;;;;;;;;;;;;;;;;;;;;;;;;;;;;;;;;;;;;;;;;;;;;;;;;;;;;;;;;;;;;;;;;;;;;;;;;;;;;;;;;;;;;;;;;;;;;;;;;;;;;;;;/q+1;;;;;;;;;;;;;;;;;;;;;;;;;;;;;;;;;;;;;;;;;;;;;;;;;;;;;;;;;;;;;;;;;;;;;;;;;;;;;;;;;;;;;;;;;;;;;;;;;;;;;;;;;;;;;;;;;/i3T;;;;;;;;;;;;;;;;;;;;;;;;;;;;;;;;;;;;;;;;;;;;;;;;;;;;;;;;;;;;;;;;;;;;;;;;;;;;;;;;;;;;;;;;;;;;;;;;;;;;;;;;;;;;;;;;;. The van der Waals surface area contributed by atoms with E-state index in [0.29, 0.717) is 0 Å². The molecule has 0 N–H and O–H groups in total. The Hall–Kier alpha value is 67.3. The average Bonchev–Trinajstić information content (AvgIpc) is 0.811. The summed E-state index contributed by atoms with van der Waals surface area (Å²) >= 11 is 1.89. The monoisotopic (exact) mass is 5930 g/mol. The van der Waals surface area contributed by atoms with Gasteiger partial charge in [0.2, 0.25) is 0 Å². The Balaban J connectivity index is -0.00000000000711. The fourth-order valence-electron chi connectivity index (χ4n) is 0. The molecule has 0 spiro atoms. The number of rotatable bonds is 0. The van der Waals surface area contributed by atoms with Crippen molar-refractivity contribution in [3.63, 3.8) is 0 Å². The molecule has 0 fully saturated rings. The van der Waals surface area contributed by atoms with Crippen LogP contribution in [-0.4, -0.2) is 8.84 Å². The maximum absolute atomic E-state index is 6.45. The third-order valence-electron chi connectivity index (χ3n) is 0. The van der Waals surface area contributed by atoms with Crippen LogP contribution < -0.4 is 0 Å². The summed E-state index contributed by atoms with van der Waals surface area (Å²) in [4.78, 5) is 0. The molecule has 0 aromatic rings. The van der Waals surface area contributed by atoms with Gasteiger partial charge in [0, 0.05) is 2100 Å². The second kappa shape index (κ2) is 1290. The van der Waals surface area contributed by atoms with E-state index in [2.05, 4.69) is 0 Å². The first-order valence-corrected chi connectivity index (χ1v) is 4.67. The van der Waals surface area contributed by atoms with Crippen LogP contribution in [-0.2, 0) is 2100 Å². The zero-order chi connectivity index (χ0) is 3.58. The Morgan fingerprint density at radius 2 is 0.0776 bits per heavy atom. The molecular formula is H2BIPV113+. The largest absolute Gasteiger partial charge is 0.369 e. The molecule has 0 aliphatic carbocycles. The van der Waals surface area contributed by atoms with E-state index in [1.54, 1.807) is 0 Å². The Labute approximate surface area is 2070 Å².